The van der Waals surface area contributed by atoms with Crippen LogP contribution in [0.4, 0.5) is 0 Å². The fourth-order valence-corrected chi connectivity index (χ4v) is 4.26. The molecule has 1 nitrogen and oxygen atoms in total. The summed E-state index contributed by atoms with van der Waals surface area (Å²) in [7, 11) is 0. The van der Waals surface area contributed by atoms with Gasteiger partial charge in [-0.15, -0.1) is 5.73 Å². The lowest BCUT2D eigenvalue weighted by atomic mass is 10.1. The molecule has 0 saturated carbocycles. The maximum Gasteiger partial charge on any atom is 0.0547 e. The van der Waals surface area contributed by atoms with Crippen molar-refractivity contribution in [3.05, 3.63) is 132 Å². The van der Waals surface area contributed by atoms with E-state index in [1.54, 1.807) is 0 Å². The molecule has 1 heteroatoms. The highest BCUT2D eigenvalue weighted by Gasteiger charge is 2.16. The highest BCUT2D eigenvalue weighted by Crippen LogP contribution is 2.34. The first-order valence-electron chi connectivity index (χ1n) is 13.1. The summed E-state index contributed by atoms with van der Waals surface area (Å²) < 4.78 is 2.35. The fourth-order valence-electron chi connectivity index (χ4n) is 4.26. The lowest BCUT2D eigenvalue weighted by molar-refractivity contribution is 1.10. The zero-order chi connectivity index (χ0) is 25.8. The molecule has 4 aromatic rings. The number of benzene rings is 3. The van der Waals surface area contributed by atoms with E-state index in [-0.39, 0.29) is 0 Å². The third-order valence-electron chi connectivity index (χ3n) is 5.81. The molecule has 1 aromatic heterocycles. The Kier molecular flexibility index (Phi) is 10.1. The van der Waals surface area contributed by atoms with Crippen LogP contribution in [0.1, 0.15) is 51.4 Å². The summed E-state index contributed by atoms with van der Waals surface area (Å²) in [5.41, 5.74) is 11.9. The normalized spacial score (nSPS) is 11.7. The van der Waals surface area contributed by atoms with Gasteiger partial charge in [0.25, 0.3) is 0 Å². The molecule has 36 heavy (non-hydrogen) atoms. The molecule has 1 aliphatic rings. The molecule has 0 unspecified atom stereocenters. The van der Waals surface area contributed by atoms with E-state index in [4.69, 9.17) is 0 Å². The third-order valence-corrected chi connectivity index (χ3v) is 5.81. The molecule has 0 fully saturated rings. The molecule has 0 spiro atoms. The third kappa shape index (κ3) is 5.95. The van der Waals surface area contributed by atoms with Gasteiger partial charge in [-0.2, -0.15) is 0 Å². The van der Waals surface area contributed by atoms with Crippen LogP contribution in [0.2, 0.25) is 0 Å². The SMILES string of the molecule is C/C=C\C=C/Cc1ccc2c(c1)c1c(n2-c2ccc(-c3ccccc3)cc2)C=CC=C=C1.CC.CC. The van der Waals surface area contributed by atoms with Gasteiger partial charge in [0.05, 0.1) is 11.2 Å². The van der Waals surface area contributed by atoms with Gasteiger partial charge in [-0.25, -0.2) is 0 Å². The molecule has 0 aliphatic heterocycles. The summed E-state index contributed by atoms with van der Waals surface area (Å²) >= 11 is 0. The van der Waals surface area contributed by atoms with Gasteiger partial charge in [0.2, 0.25) is 0 Å². The van der Waals surface area contributed by atoms with E-state index in [1.807, 2.05) is 46.8 Å². The van der Waals surface area contributed by atoms with E-state index >= 15 is 0 Å². The number of hydrogen-bond acceptors (Lipinski definition) is 0. The van der Waals surface area contributed by atoms with E-state index in [0.717, 1.165) is 12.1 Å². The molecule has 0 bridgehead atoms. The van der Waals surface area contributed by atoms with Gasteiger partial charge < -0.3 is 4.57 Å². The van der Waals surface area contributed by atoms with Crippen LogP contribution in [-0.2, 0) is 6.42 Å². The van der Waals surface area contributed by atoms with Crippen molar-refractivity contribution in [3.63, 3.8) is 0 Å². The summed E-state index contributed by atoms with van der Waals surface area (Å²) in [6, 6.07) is 26.2. The Labute approximate surface area is 217 Å². The lowest BCUT2D eigenvalue weighted by Gasteiger charge is -2.11. The molecule has 5 rings (SSSR count). The van der Waals surface area contributed by atoms with Gasteiger partial charge in [0.1, 0.15) is 0 Å². The van der Waals surface area contributed by atoms with Crippen molar-refractivity contribution in [2.75, 3.05) is 0 Å². The van der Waals surface area contributed by atoms with E-state index in [2.05, 4.69) is 120 Å². The Morgan fingerprint density at radius 2 is 1.53 bits per heavy atom. The number of rotatable bonds is 5. The van der Waals surface area contributed by atoms with Crippen LogP contribution in [0.5, 0.6) is 0 Å². The number of hydrogen-bond donors (Lipinski definition) is 0. The van der Waals surface area contributed by atoms with Gasteiger partial charge in [0, 0.05) is 16.6 Å². The highest BCUT2D eigenvalue weighted by atomic mass is 15.0. The van der Waals surface area contributed by atoms with Gasteiger partial charge in [-0.05, 0) is 72.5 Å². The van der Waals surface area contributed by atoms with Crippen molar-refractivity contribution >= 4 is 23.1 Å². The monoisotopic (exact) mass is 471 g/mol. The minimum atomic E-state index is 0.918. The average Bonchev–Trinajstić information content (AvgIpc) is 3.08. The molecule has 0 N–H and O–H groups in total. The van der Waals surface area contributed by atoms with Crippen molar-refractivity contribution in [2.24, 2.45) is 0 Å². The first-order chi connectivity index (χ1) is 17.8. The van der Waals surface area contributed by atoms with Crippen molar-refractivity contribution in [2.45, 2.75) is 41.0 Å². The maximum atomic E-state index is 3.30. The maximum absolute atomic E-state index is 3.30. The Bertz CT molecular complexity index is 1400. The Morgan fingerprint density at radius 3 is 2.25 bits per heavy atom. The zero-order valence-electron chi connectivity index (χ0n) is 22.2. The van der Waals surface area contributed by atoms with Crippen LogP contribution in [0, 0.1) is 0 Å². The molecule has 3 aromatic carbocycles. The van der Waals surface area contributed by atoms with E-state index < -0.39 is 0 Å². The first-order valence-corrected chi connectivity index (χ1v) is 13.1. The summed E-state index contributed by atoms with van der Waals surface area (Å²) in [6.45, 7) is 10.0. The van der Waals surface area contributed by atoms with Crippen LogP contribution in [-0.4, -0.2) is 4.57 Å². The Hall–Kier alpha value is -4.06. The number of aromatic nitrogens is 1. The standard InChI is InChI=1S/C31H25N.2C2H6/c1-2-3-4-7-12-24-17-22-31-29(23-24)28-15-10-6-11-16-30(28)32(31)27-20-18-26(19-21-27)25-13-8-5-9-14-25;2*1-2/h2-9,11,13-23H,12H2,1H3;2*1-2H3/b3-2-,7-4-;;. The van der Waals surface area contributed by atoms with Gasteiger partial charge in [0.15, 0.2) is 0 Å². The smallest absolute Gasteiger partial charge is 0.0547 e. The Balaban J connectivity index is 0.000000861. The number of allylic oxidation sites excluding steroid dienone is 6. The summed E-state index contributed by atoms with van der Waals surface area (Å²) in [5.74, 6) is 0. The predicted octanol–water partition coefficient (Wildman–Crippen LogP) is 10.2. The van der Waals surface area contributed by atoms with Crippen molar-refractivity contribution in [1.82, 2.24) is 4.57 Å². The molecule has 0 amide bonds. The predicted molar refractivity (Wildman–Crippen MR) is 161 cm³/mol. The fraction of sp³-hybridized carbons (Fsp3) is 0.171. The largest absolute Gasteiger partial charge is 0.309 e. The topological polar surface area (TPSA) is 4.93 Å². The lowest BCUT2D eigenvalue weighted by Crippen LogP contribution is -1.97. The first kappa shape index (κ1) is 26.5. The second-order valence-corrected chi connectivity index (χ2v) is 7.89. The van der Waals surface area contributed by atoms with E-state index in [0.29, 0.717) is 0 Å². The second-order valence-electron chi connectivity index (χ2n) is 7.89. The summed E-state index contributed by atoms with van der Waals surface area (Å²) in [4.78, 5) is 0. The van der Waals surface area contributed by atoms with Crippen LogP contribution >= 0.6 is 0 Å². The molecular formula is C35H37N. The van der Waals surface area contributed by atoms with E-state index in [1.165, 1.54) is 38.9 Å². The average molecular weight is 472 g/mol. The molecule has 1 aliphatic carbocycles. The molecule has 0 radical (unpaired) electrons. The molecular weight excluding hydrogens is 434 g/mol. The molecule has 182 valence electrons. The van der Waals surface area contributed by atoms with Crippen molar-refractivity contribution in [1.29, 1.82) is 0 Å². The van der Waals surface area contributed by atoms with Crippen molar-refractivity contribution < 1.29 is 0 Å². The quantitative estimate of drug-likeness (QED) is 0.201. The van der Waals surface area contributed by atoms with Gasteiger partial charge >= 0.3 is 0 Å². The van der Waals surface area contributed by atoms with Crippen molar-refractivity contribution in [3.8, 4) is 16.8 Å². The molecule has 0 saturated heterocycles. The summed E-state index contributed by atoms with van der Waals surface area (Å²) in [6.07, 6.45) is 17.7. The minimum Gasteiger partial charge on any atom is -0.309 e. The highest BCUT2D eigenvalue weighted by molar-refractivity contribution is 5.96. The number of fused-ring (bicyclic) bond motifs is 3. The second kappa shape index (κ2) is 13.7. The van der Waals surface area contributed by atoms with E-state index in [9.17, 15) is 0 Å². The van der Waals surface area contributed by atoms with Gasteiger partial charge in [-0.3, -0.25) is 0 Å². The molecule has 0 atom stereocenters. The molecule has 1 heterocycles. The van der Waals surface area contributed by atoms with Gasteiger partial charge in [-0.1, -0.05) is 107 Å². The van der Waals surface area contributed by atoms with Crippen LogP contribution < -0.4 is 0 Å². The zero-order valence-corrected chi connectivity index (χ0v) is 22.2. The Morgan fingerprint density at radius 1 is 0.806 bits per heavy atom. The van der Waals surface area contributed by atoms with Crippen LogP contribution in [0.15, 0.2) is 115 Å². The summed E-state index contributed by atoms with van der Waals surface area (Å²) in [5, 5.41) is 1.26. The minimum absolute atomic E-state index is 0.918. The van der Waals surface area contributed by atoms with Crippen LogP contribution in [0.3, 0.4) is 0 Å². The van der Waals surface area contributed by atoms with Crippen LogP contribution in [0.25, 0.3) is 39.9 Å². The number of nitrogens with zero attached hydrogens (tertiary/aromatic N) is 1.